The van der Waals surface area contributed by atoms with Crippen LogP contribution in [-0.4, -0.2) is 35.4 Å². The van der Waals surface area contributed by atoms with Crippen LogP contribution in [0.4, 0.5) is 0 Å². The van der Waals surface area contributed by atoms with Crippen LogP contribution in [-0.2, 0) is 16.1 Å². The molecule has 0 bridgehead atoms. The zero-order valence-corrected chi connectivity index (χ0v) is 19.9. The Hall–Kier alpha value is -2.34. The van der Waals surface area contributed by atoms with E-state index in [-0.39, 0.29) is 24.5 Å². The van der Waals surface area contributed by atoms with Crippen molar-refractivity contribution in [2.75, 3.05) is 6.61 Å². The summed E-state index contributed by atoms with van der Waals surface area (Å²) in [5.41, 5.74) is 2.15. The molecule has 0 heterocycles. The third-order valence-corrected chi connectivity index (χ3v) is 6.27. The molecular weight excluding hydrogens is 456 g/mol. The van der Waals surface area contributed by atoms with Crippen molar-refractivity contribution >= 4 is 27.7 Å². The normalized spacial score (nSPS) is 14.8. The maximum Gasteiger partial charge on any atom is 0.261 e. The summed E-state index contributed by atoms with van der Waals surface area (Å²) >= 11 is 3.40. The largest absolute Gasteiger partial charge is 0.484 e. The zero-order valence-electron chi connectivity index (χ0n) is 18.3. The molecule has 1 fully saturated rings. The molecular formula is C25H31BrN2O3. The lowest BCUT2D eigenvalue weighted by Gasteiger charge is -2.31. The van der Waals surface area contributed by atoms with E-state index in [0.717, 1.165) is 41.3 Å². The number of nitrogens with zero attached hydrogens (tertiary/aromatic N) is 1. The van der Waals surface area contributed by atoms with Crippen molar-refractivity contribution in [2.45, 2.75) is 64.6 Å². The van der Waals surface area contributed by atoms with Gasteiger partial charge in [-0.25, -0.2) is 0 Å². The first-order chi connectivity index (χ1) is 15.0. The van der Waals surface area contributed by atoms with Crippen LogP contribution in [0.25, 0.3) is 0 Å². The van der Waals surface area contributed by atoms with Gasteiger partial charge in [-0.05, 0) is 56.0 Å². The van der Waals surface area contributed by atoms with E-state index in [9.17, 15) is 9.59 Å². The molecule has 166 valence electrons. The first-order valence-corrected chi connectivity index (χ1v) is 11.8. The van der Waals surface area contributed by atoms with Crippen molar-refractivity contribution in [1.82, 2.24) is 10.2 Å². The molecule has 0 radical (unpaired) electrons. The van der Waals surface area contributed by atoms with E-state index in [1.54, 1.807) is 4.90 Å². The van der Waals surface area contributed by atoms with Gasteiger partial charge in [-0.1, -0.05) is 65.5 Å². The lowest BCUT2D eigenvalue weighted by molar-refractivity contribution is -0.143. The minimum atomic E-state index is -0.525. The number of ether oxygens (including phenoxy) is 1. The summed E-state index contributed by atoms with van der Waals surface area (Å²) < 4.78 is 6.67. The van der Waals surface area contributed by atoms with E-state index in [4.69, 9.17) is 4.74 Å². The van der Waals surface area contributed by atoms with Gasteiger partial charge in [0.1, 0.15) is 11.8 Å². The van der Waals surface area contributed by atoms with Gasteiger partial charge in [0.15, 0.2) is 6.61 Å². The number of amides is 2. The molecule has 31 heavy (non-hydrogen) atoms. The minimum Gasteiger partial charge on any atom is -0.484 e. The van der Waals surface area contributed by atoms with Gasteiger partial charge in [-0.15, -0.1) is 0 Å². The summed E-state index contributed by atoms with van der Waals surface area (Å²) in [7, 11) is 0. The van der Waals surface area contributed by atoms with Gasteiger partial charge in [0.2, 0.25) is 5.91 Å². The summed E-state index contributed by atoms with van der Waals surface area (Å²) in [6.45, 7) is 4.24. The SMILES string of the molecule is CC[C@@H](C(=O)NC1CCCC1)N(Cc1ccc(C)cc1)C(=O)COc1ccc(Br)cc1. The zero-order chi connectivity index (χ0) is 22.2. The molecule has 2 aromatic carbocycles. The first kappa shape index (κ1) is 23.3. The number of hydrogen-bond donors (Lipinski definition) is 1. The Morgan fingerprint density at radius 1 is 1.10 bits per heavy atom. The molecule has 2 amide bonds. The average molecular weight is 487 g/mol. The highest BCUT2D eigenvalue weighted by Gasteiger charge is 2.30. The molecule has 1 N–H and O–H groups in total. The van der Waals surface area contributed by atoms with Crippen molar-refractivity contribution in [3.63, 3.8) is 0 Å². The predicted molar refractivity (Wildman–Crippen MR) is 126 cm³/mol. The molecule has 0 aromatic heterocycles. The van der Waals surface area contributed by atoms with Crippen molar-refractivity contribution in [2.24, 2.45) is 0 Å². The van der Waals surface area contributed by atoms with Gasteiger partial charge >= 0.3 is 0 Å². The molecule has 2 aromatic rings. The van der Waals surface area contributed by atoms with Crippen molar-refractivity contribution in [3.8, 4) is 5.75 Å². The summed E-state index contributed by atoms with van der Waals surface area (Å²) in [5.74, 6) is 0.353. The summed E-state index contributed by atoms with van der Waals surface area (Å²) in [4.78, 5) is 28.0. The highest BCUT2D eigenvalue weighted by Crippen LogP contribution is 2.20. The van der Waals surface area contributed by atoms with Crippen LogP contribution in [0.15, 0.2) is 53.0 Å². The molecule has 5 nitrogen and oxygen atoms in total. The Balaban J connectivity index is 1.74. The summed E-state index contributed by atoms with van der Waals surface area (Å²) in [5, 5.41) is 3.16. The Morgan fingerprint density at radius 3 is 2.35 bits per heavy atom. The van der Waals surface area contributed by atoms with E-state index >= 15 is 0 Å². The molecule has 3 rings (SSSR count). The molecule has 0 unspecified atom stereocenters. The van der Waals surface area contributed by atoms with Crippen molar-refractivity contribution in [1.29, 1.82) is 0 Å². The van der Waals surface area contributed by atoms with Gasteiger partial charge in [-0.3, -0.25) is 9.59 Å². The predicted octanol–water partition coefficient (Wildman–Crippen LogP) is 5.00. The first-order valence-electron chi connectivity index (χ1n) is 11.0. The monoisotopic (exact) mass is 486 g/mol. The second-order valence-corrected chi connectivity index (χ2v) is 9.08. The van der Waals surface area contributed by atoms with Crippen molar-refractivity contribution in [3.05, 3.63) is 64.1 Å². The van der Waals surface area contributed by atoms with E-state index < -0.39 is 6.04 Å². The second-order valence-electron chi connectivity index (χ2n) is 8.16. The van der Waals surface area contributed by atoms with Crippen LogP contribution in [0, 0.1) is 6.92 Å². The number of carbonyl (C=O) groups excluding carboxylic acids is 2. The molecule has 1 atom stereocenters. The average Bonchev–Trinajstić information content (AvgIpc) is 3.27. The molecule has 1 aliphatic rings. The van der Waals surface area contributed by atoms with Gasteiger partial charge in [0.25, 0.3) is 5.91 Å². The Bertz CT molecular complexity index is 861. The fourth-order valence-corrected chi connectivity index (χ4v) is 4.20. The topological polar surface area (TPSA) is 58.6 Å². The van der Waals surface area contributed by atoms with E-state index in [1.165, 1.54) is 0 Å². The van der Waals surface area contributed by atoms with Crippen LogP contribution in [0.2, 0.25) is 0 Å². The minimum absolute atomic E-state index is 0.0708. The Kier molecular flexibility index (Phi) is 8.52. The Morgan fingerprint density at radius 2 is 1.74 bits per heavy atom. The number of rotatable bonds is 9. The standard InChI is InChI=1S/C25H31BrN2O3/c1-3-23(25(30)27-21-6-4-5-7-21)28(16-19-10-8-18(2)9-11-19)24(29)17-31-22-14-12-20(26)13-15-22/h8-15,21,23H,3-7,16-17H2,1-2H3,(H,27,30)/t23-/m0/s1. The smallest absolute Gasteiger partial charge is 0.261 e. The number of benzene rings is 2. The number of hydrogen-bond acceptors (Lipinski definition) is 3. The molecule has 0 saturated heterocycles. The van der Waals surface area contributed by atoms with Gasteiger partial charge in [0, 0.05) is 17.1 Å². The highest BCUT2D eigenvalue weighted by molar-refractivity contribution is 9.10. The number of nitrogens with one attached hydrogen (secondary N) is 1. The molecule has 0 aliphatic heterocycles. The molecule has 1 aliphatic carbocycles. The maximum absolute atomic E-state index is 13.2. The third-order valence-electron chi connectivity index (χ3n) is 5.74. The number of halogens is 1. The molecule has 1 saturated carbocycles. The van der Waals surface area contributed by atoms with Crippen LogP contribution >= 0.6 is 15.9 Å². The van der Waals surface area contributed by atoms with Crippen LogP contribution in [0.1, 0.15) is 50.2 Å². The van der Waals surface area contributed by atoms with E-state index in [2.05, 4.69) is 21.2 Å². The summed E-state index contributed by atoms with van der Waals surface area (Å²) in [6, 6.07) is 15.1. The fraction of sp³-hybridized carbons (Fsp3) is 0.440. The van der Waals surface area contributed by atoms with Gasteiger partial charge < -0.3 is 15.0 Å². The highest BCUT2D eigenvalue weighted by atomic mass is 79.9. The lowest BCUT2D eigenvalue weighted by atomic mass is 10.1. The van der Waals surface area contributed by atoms with Gasteiger partial charge in [0.05, 0.1) is 0 Å². The maximum atomic E-state index is 13.2. The molecule has 6 heteroatoms. The van der Waals surface area contributed by atoms with E-state index in [0.29, 0.717) is 18.7 Å². The quantitative estimate of drug-likeness (QED) is 0.542. The van der Waals surface area contributed by atoms with Crippen LogP contribution in [0.3, 0.4) is 0 Å². The Labute approximate surface area is 193 Å². The van der Waals surface area contributed by atoms with Crippen LogP contribution < -0.4 is 10.1 Å². The molecule has 0 spiro atoms. The lowest BCUT2D eigenvalue weighted by Crippen LogP contribution is -2.52. The van der Waals surface area contributed by atoms with Crippen LogP contribution in [0.5, 0.6) is 5.75 Å². The number of carbonyl (C=O) groups is 2. The number of aryl methyl sites for hydroxylation is 1. The van der Waals surface area contributed by atoms with Gasteiger partial charge in [-0.2, -0.15) is 0 Å². The third kappa shape index (κ3) is 6.82. The van der Waals surface area contributed by atoms with Crippen molar-refractivity contribution < 1.29 is 14.3 Å². The second kappa shape index (κ2) is 11.3. The van der Waals surface area contributed by atoms with E-state index in [1.807, 2.05) is 62.4 Å². The summed E-state index contributed by atoms with van der Waals surface area (Å²) in [6.07, 6.45) is 4.87. The fourth-order valence-electron chi connectivity index (χ4n) is 3.94.